The first-order valence-electron chi connectivity index (χ1n) is 3.01. The summed E-state index contributed by atoms with van der Waals surface area (Å²) in [4.78, 5) is 12.5. The van der Waals surface area contributed by atoms with Crippen LogP contribution in [-0.4, -0.2) is 40.3 Å². The smallest absolute Gasteiger partial charge is 0.277 e. The number of carbonyl (C=O) groups excluding carboxylic acids is 1. The second kappa shape index (κ2) is 2.57. The van der Waals surface area contributed by atoms with Crippen LogP contribution in [0.4, 0.5) is 5.82 Å². The Bertz CT molecular complexity index is 266. The number of nitrogens with two attached hydrogens (primary N) is 1. The molecule has 60 valence electrons. The van der Waals surface area contributed by atoms with Crippen LogP contribution in [0.1, 0.15) is 10.5 Å². The number of hydrogen-bond acceptors (Lipinski definition) is 4. The van der Waals surface area contributed by atoms with Crippen LogP contribution in [0.5, 0.6) is 0 Å². The van der Waals surface area contributed by atoms with Crippen molar-refractivity contribution in [2.45, 2.75) is 0 Å². The second-order valence-electron chi connectivity index (χ2n) is 2.26. The third kappa shape index (κ3) is 1.28. The summed E-state index contributed by atoms with van der Waals surface area (Å²) in [5.41, 5.74) is 5.49. The van der Waals surface area contributed by atoms with E-state index in [0.717, 1.165) is 0 Å². The second-order valence-corrected chi connectivity index (χ2v) is 2.26. The van der Waals surface area contributed by atoms with Crippen molar-refractivity contribution in [3.8, 4) is 0 Å². The fourth-order valence-electron chi connectivity index (χ4n) is 0.608. The van der Waals surface area contributed by atoms with Crippen molar-refractivity contribution in [2.24, 2.45) is 0 Å². The van der Waals surface area contributed by atoms with E-state index in [0.29, 0.717) is 0 Å². The zero-order valence-electron chi connectivity index (χ0n) is 6.33. The molecule has 0 fully saturated rings. The van der Waals surface area contributed by atoms with Gasteiger partial charge in [0.2, 0.25) is 0 Å². The fraction of sp³-hybridized carbons (Fsp3) is 0.400. The van der Waals surface area contributed by atoms with Gasteiger partial charge in [-0.15, -0.1) is 10.2 Å². The van der Waals surface area contributed by atoms with Crippen LogP contribution >= 0.6 is 0 Å². The van der Waals surface area contributed by atoms with Gasteiger partial charge in [-0.25, -0.2) is 0 Å². The van der Waals surface area contributed by atoms with Crippen LogP contribution in [-0.2, 0) is 0 Å². The average Bonchev–Trinajstić information content (AvgIpc) is 2.33. The largest absolute Gasteiger partial charge is 0.380 e. The van der Waals surface area contributed by atoms with E-state index in [-0.39, 0.29) is 17.4 Å². The summed E-state index contributed by atoms with van der Waals surface area (Å²) in [6.45, 7) is 0. The van der Waals surface area contributed by atoms with E-state index in [1.807, 2.05) is 0 Å². The highest BCUT2D eigenvalue weighted by molar-refractivity contribution is 5.95. The molecule has 1 aromatic rings. The van der Waals surface area contributed by atoms with Crippen molar-refractivity contribution in [3.63, 3.8) is 0 Å². The molecule has 0 saturated heterocycles. The van der Waals surface area contributed by atoms with Gasteiger partial charge in [-0.1, -0.05) is 0 Å². The lowest BCUT2D eigenvalue weighted by atomic mass is 10.4. The van der Waals surface area contributed by atoms with Gasteiger partial charge in [0.15, 0.2) is 11.5 Å². The molecule has 0 atom stereocenters. The van der Waals surface area contributed by atoms with E-state index < -0.39 is 0 Å². The first-order valence-corrected chi connectivity index (χ1v) is 3.01. The average molecular weight is 155 g/mol. The normalized spacial score (nSPS) is 9.64. The zero-order valence-corrected chi connectivity index (χ0v) is 6.33. The van der Waals surface area contributed by atoms with Gasteiger partial charge in [-0.05, 0) is 0 Å². The predicted molar refractivity (Wildman–Crippen MR) is 38.8 cm³/mol. The SMILES string of the molecule is CN(C)C(=O)c1n[nH]nc1N. The molecular formula is C5H9N5O. The number of nitrogens with one attached hydrogen (secondary N) is 1. The lowest BCUT2D eigenvalue weighted by molar-refractivity contribution is 0.0823. The van der Waals surface area contributed by atoms with Gasteiger partial charge in [-0.3, -0.25) is 4.79 Å². The number of carbonyl (C=O) groups is 1. The van der Waals surface area contributed by atoms with E-state index >= 15 is 0 Å². The summed E-state index contributed by atoms with van der Waals surface area (Å²) in [5, 5.41) is 9.36. The Morgan fingerprint density at radius 3 is 2.55 bits per heavy atom. The Morgan fingerprint density at radius 1 is 1.55 bits per heavy atom. The number of amides is 1. The standard InChI is InChI=1S/C5H9N5O/c1-10(2)5(11)3-4(6)8-9-7-3/h1-2H3,(H3,6,7,8,9). The lowest BCUT2D eigenvalue weighted by Gasteiger charge is -2.06. The number of rotatable bonds is 1. The molecule has 0 aliphatic heterocycles. The quantitative estimate of drug-likeness (QED) is 0.549. The Hall–Kier alpha value is -1.59. The van der Waals surface area contributed by atoms with E-state index in [9.17, 15) is 4.79 Å². The van der Waals surface area contributed by atoms with E-state index in [1.165, 1.54) is 4.90 Å². The fourth-order valence-corrected chi connectivity index (χ4v) is 0.608. The predicted octanol–water partition coefficient (Wildman–Crippen LogP) is -0.911. The van der Waals surface area contributed by atoms with Crippen LogP contribution in [0.25, 0.3) is 0 Å². The van der Waals surface area contributed by atoms with Crippen molar-refractivity contribution in [3.05, 3.63) is 5.69 Å². The molecular weight excluding hydrogens is 146 g/mol. The molecule has 6 nitrogen and oxygen atoms in total. The first-order chi connectivity index (χ1) is 5.13. The van der Waals surface area contributed by atoms with Gasteiger partial charge in [0, 0.05) is 14.1 Å². The molecule has 1 heterocycles. The molecule has 1 rings (SSSR count). The zero-order chi connectivity index (χ0) is 8.43. The van der Waals surface area contributed by atoms with Crippen molar-refractivity contribution in [1.82, 2.24) is 20.3 Å². The minimum atomic E-state index is -0.253. The monoisotopic (exact) mass is 155 g/mol. The molecule has 0 aliphatic rings. The van der Waals surface area contributed by atoms with Gasteiger partial charge in [0.1, 0.15) is 0 Å². The van der Waals surface area contributed by atoms with Gasteiger partial charge in [-0.2, -0.15) is 5.21 Å². The highest BCUT2D eigenvalue weighted by Crippen LogP contribution is 2.03. The number of hydrogen-bond donors (Lipinski definition) is 2. The highest BCUT2D eigenvalue weighted by atomic mass is 16.2. The van der Waals surface area contributed by atoms with Crippen molar-refractivity contribution < 1.29 is 4.79 Å². The summed E-state index contributed by atoms with van der Waals surface area (Å²) in [6, 6.07) is 0. The maximum atomic E-state index is 11.1. The Kier molecular flexibility index (Phi) is 1.75. The molecule has 0 saturated carbocycles. The maximum absolute atomic E-state index is 11.1. The van der Waals surface area contributed by atoms with Crippen LogP contribution in [0.15, 0.2) is 0 Å². The summed E-state index contributed by atoms with van der Waals surface area (Å²) in [5.74, 6) is -0.125. The molecule has 1 aromatic heterocycles. The molecule has 0 aliphatic carbocycles. The summed E-state index contributed by atoms with van der Waals surface area (Å²) < 4.78 is 0. The maximum Gasteiger partial charge on any atom is 0.277 e. The number of aromatic nitrogens is 3. The molecule has 1 amide bonds. The number of aromatic amines is 1. The van der Waals surface area contributed by atoms with Crippen LogP contribution in [0.2, 0.25) is 0 Å². The third-order valence-corrected chi connectivity index (χ3v) is 1.18. The third-order valence-electron chi connectivity index (χ3n) is 1.18. The van der Waals surface area contributed by atoms with Gasteiger partial charge < -0.3 is 10.6 Å². The lowest BCUT2D eigenvalue weighted by Crippen LogP contribution is -2.23. The van der Waals surface area contributed by atoms with E-state index in [1.54, 1.807) is 14.1 Å². The first kappa shape index (κ1) is 7.52. The molecule has 0 unspecified atom stereocenters. The Balaban J connectivity index is 2.93. The minimum absolute atomic E-state index is 0.128. The number of nitrogen functional groups attached to an aromatic ring is 1. The summed E-state index contributed by atoms with van der Waals surface area (Å²) >= 11 is 0. The molecule has 6 heteroatoms. The number of nitrogens with zero attached hydrogens (tertiary/aromatic N) is 3. The van der Waals surface area contributed by atoms with E-state index in [4.69, 9.17) is 5.73 Å². The van der Waals surface area contributed by atoms with Gasteiger partial charge >= 0.3 is 0 Å². The van der Waals surface area contributed by atoms with Crippen LogP contribution < -0.4 is 5.73 Å². The van der Waals surface area contributed by atoms with Crippen LogP contribution in [0.3, 0.4) is 0 Å². The minimum Gasteiger partial charge on any atom is -0.380 e. The number of H-pyrrole nitrogens is 1. The Labute approximate surface area is 63.4 Å². The topological polar surface area (TPSA) is 87.9 Å². The molecule has 0 radical (unpaired) electrons. The highest BCUT2D eigenvalue weighted by Gasteiger charge is 2.14. The van der Waals surface area contributed by atoms with Crippen molar-refractivity contribution in [2.75, 3.05) is 19.8 Å². The van der Waals surface area contributed by atoms with Crippen molar-refractivity contribution >= 4 is 11.7 Å². The summed E-state index contributed by atoms with van der Waals surface area (Å²) in [6.07, 6.45) is 0. The summed E-state index contributed by atoms with van der Waals surface area (Å²) in [7, 11) is 3.24. The van der Waals surface area contributed by atoms with Gasteiger partial charge in [0.05, 0.1) is 0 Å². The molecule has 11 heavy (non-hydrogen) atoms. The molecule has 0 aromatic carbocycles. The molecule has 3 N–H and O–H groups in total. The van der Waals surface area contributed by atoms with Crippen LogP contribution in [0, 0.1) is 0 Å². The molecule has 0 bridgehead atoms. The number of anilines is 1. The Morgan fingerprint density at radius 2 is 2.18 bits per heavy atom. The molecule has 0 spiro atoms. The van der Waals surface area contributed by atoms with E-state index in [2.05, 4.69) is 15.4 Å². The van der Waals surface area contributed by atoms with Crippen molar-refractivity contribution in [1.29, 1.82) is 0 Å². The van der Waals surface area contributed by atoms with Gasteiger partial charge in [0.25, 0.3) is 5.91 Å².